The first-order valence-electron chi connectivity index (χ1n) is 10.4. The van der Waals surface area contributed by atoms with Crippen LogP contribution >= 0.6 is 0 Å². The maximum Gasteiger partial charge on any atom is 0.251 e. The SMILES string of the molecule is Cc1ccc([S@@](=O)Cc2nc(-c3ccc(C(=O)NC[C@@H]4CCCO4)cc3)oc2C)cc1. The van der Waals surface area contributed by atoms with Gasteiger partial charge >= 0.3 is 0 Å². The number of carbonyl (C=O) groups excluding carboxylic acids is 1. The third-order valence-corrected chi connectivity index (χ3v) is 6.69. The number of rotatable bonds is 7. The molecule has 1 N–H and O–H groups in total. The zero-order valence-electron chi connectivity index (χ0n) is 17.7. The molecule has 31 heavy (non-hydrogen) atoms. The Labute approximate surface area is 184 Å². The summed E-state index contributed by atoms with van der Waals surface area (Å²) in [6.45, 7) is 5.12. The Bertz CT molecular complexity index is 1070. The Morgan fingerprint density at radius 1 is 1.13 bits per heavy atom. The highest BCUT2D eigenvalue weighted by Gasteiger charge is 2.18. The molecule has 1 fully saturated rings. The van der Waals surface area contributed by atoms with Crippen LogP contribution in [0.15, 0.2) is 57.8 Å². The van der Waals surface area contributed by atoms with Crippen molar-refractivity contribution >= 4 is 16.7 Å². The van der Waals surface area contributed by atoms with E-state index in [2.05, 4.69) is 10.3 Å². The Morgan fingerprint density at radius 2 is 1.87 bits per heavy atom. The normalized spacial score (nSPS) is 16.9. The topological polar surface area (TPSA) is 81.4 Å². The van der Waals surface area contributed by atoms with Crippen LogP contribution in [0.5, 0.6) is 0 Å². The predicted octanol–water partition coefficient (Wildman–Crippen LogP) is 4.18. The molecule has 0 bridgehead atoms. The number of carbonyl (C=O) groups is 1. The summed E-state index contributed by atoms with van der Waals surface area (Å²) in [5.41, 5.74) is 3.15. The van der Waals surface area contributed by atoms with Crippen molar-refractivity contribution in [2.45, 2.75) is 43.4 Å². The summed E-state index contributed by atoms with van der Waals surface area (Å²) in [5, 5.41) is 2.92. The highest BCUT2D eigenvalue weighted by Crippen LogP contribution is 2.24. The zero-order chi connectivity index (χ0) is 21.8. The van der Waals surface area contributed by atoms with Crippen molar-refractivity contribution in [3.05, 3.63) is 71.1 Å². The van der Waals surface area contributed by atoms with Crippen LogP contribution in [-0.4, -0.2) is 34.4 Å². The number of aryl methyl sites for hydroxylation is 2. The van der Waals surface area contributed by atoms with Crippen molar-refractivity contribution in [3.8, 4) is 11.5 Å². The molecule has 0 saturated carbocycles. The lowest BCUT2D eigenvalue weighted by molar-refractivity contribution is 0.0858. The van der Waals surface area contributed by atoms with Gasteiger partial charge < -0.3 is 14.5 Å². The van der Waals surface area contributed by atoms with Crippen LogP contribution in [-0.2, 0) is 21.3 Å². The summed E-state index contributed by atoms with van der Waals surface area (Å²) >= 11 is 0. The standard InChI is InChI=1S/C24H26N2O4S/c1-16-5-11-21(12-6-16)31(28)15-22-17(2)30-24(26-22)19-9-7-18(8-10-19)23(27)25-14-20-4-3-13-29-20/h5-12,20H,3-4,13-15H2,1-2H3,(H,25,27)/t20-,31-/m0/s1. The van der Waals surface area contributed by atoms with Gasteiger partial charge in [0.05, 0.1) is 28.4 Å². The van der Waals surface area contributed by atoms with Crippen LogP contribution in [0.4, 0.5) is 0 Å². The van der Waals surface area contributed by atoms with Crippen molar-refractivity contribution in [3.63, 3.8) is 0 Å². The predicted molar refractivity (Wildman–Crippen MR) is 119 cm³/mol. The van der Waals surface area contributed by atoms with Crippen molar-refractivity contribution in [2.24, 2.45) is 0 Å². The average molecular weight is 439 g/mol. The number of aromatic nitrogens is 1. The molecule has 1 amide bonds. The van der Waals surface area contributed by atoms with E-state index < -0.39 is 10.8 Å². The van der Waals surface area contributed by atoms with E-state index in [9.17, 15) is 9.00 Å². The van der Waals surface area contributed by atoms with Gasteiger partial charge in [0.15, 0.2) is 0 Å². The summed E-state index contributed by atoms with van der Waals surface area (Å²) in [7, 11) is -1.20. The van der Waals surface area contributed by atoms with E-state index in [1.807, 2.05) is 50.2 Å². The van der Waals surface area contributed by atoms with Gasteiger partial charge in [-0.15, -0.1) is 0 Å². The van der Waals surface area contributed by atoms with E-state index in [4.69, 9.17) is 9.15 Å². The Morgan fingerprint density at radius 3 is 2.55 bits per heavy atom. The molecule has 2 aromatic carbocycles. The van der Waals surface area contributed by atoms with Crippen LogP contribution in [0.2, 0.25) is 0 Å². The van der Waals surface area contributed by atoms with Crippen LogP contribution in [0.1, 0.15) is 40.2 Å². The van der Waals surface area contributed by atoms with Crippen molar-refractivity contribution in [1.29, 1.82) is 0 Å². The van der Waals surface area contributed by atoms with Gasteiger partial charge in [-0.05, 0) is 63.1 Å². The van der Waals surface area contributed by atoms with Crippen molar-refractivity contribution < 1.29 is 18.2 Å². The second kappa shape index (κ2) is 9.58. The molecule has 1 aliphatic rings. The quantitative estimate of drug-likeness (QED) is 0.599. The van der Waals surface area contributed by atoms with E-state index in [1.165, 1.54) is 0 Å². The van der Waals surface area contributed by atoms with Gasteiger partial charge in [-0.2, -0.15) is 0 Å². The fraction of sp³-hybridized carbons (Fsp3) is 0.333. The van der Waals surface area contributed by atoms with Gasteiger partial charge in [0.2, 0.25) is 5.89 Å². The van der Waals surface area contributed by atoms with Gasteiger partial charge in [0, 0.05) is 29.2 Å². The fourth-order valence-electron chi connectivity index (χ4n) is 3.46. The third-order valence-electron chi connectivity index (χ3n) is 5.35. The van der Waals surface area contributed by atoms with Gasteiger partial charge in [0.25, 0.3) is 5.91 Å². The molecule has 7 heteroatoms. The molecule has 2 atom stereocenters. The number of benzene rings is 2. The second-order valence-corrected chi connectivity index (χ2v) is 9.20. The van der Waals surface area contributed by atoms with Crippen molar-refractivity contribution in [2.75, 3.05) is 13.2 Å². The van der Waals surface area contributed by atoms with Gasteiger partial charge in [-0.25, -0.2) is 4.98 Å². The molecule has 0 aliphatic carbocycles. The molecule has 1 aromatic heterocycles. The largest absolute Gasteiger partial charge is 0.441 e. The number of amides is 1. The lowest BCUT2D eigenvalue weighted by atomic mass is 10.1. The van der Waals surface area contributed by atoms with Crippen LogP contribution < -0.4 is 5.32 Å². The minimum atomic E-state index is -1.20. The first kappa shape index (κ1) is 21.5. The zero-order valence-corrected chi connectivity index (χ0v) is 18.5. The molecule has 4 rings (SSSR count). The molecule has 162 valence electrons. The molecule has 0 radical (unpaired) electrons. The van der Waals surface area contributed by atoms with Crippen LogP contribution in [0.25, 0.3) is 11.5 Å². The lowest BCUT2D eigenvalue weighted by Crippen LogP contribution is -2.31. The first-order chi connectivity index (χ1) is 15.0. The molecular formula is C24H26N2O4S. The van der Waals surface area contributed by atoms with Crippen molar-refractivity contribution in [1.82, 2.24) is 10.3 Å². The summed E-state index contributed by atoms with van der Waals surface area (Å²) in [6, 6.07) is 14.8. The monoisotopic (exact) mass is 438 g/mol. The van der Waals surface area contributed by atoms with Gasteiger partial charge in [-0.1, -0.05) is 17.7 Å². The third kappa shape index (κ3) is 5.29. The highest BCUT2D eigenvalue weighted by atomic mass is 32.2. The Balaban J connectivity index is 1.41. The van der Waals surface area contributed by atoms with Crippen LogP contribution in [0, 0.1) is 13.8 Å². The van der Waals surface area contributed by atoms with Gasteiger partial charge in [-0.3, -0.25) is 9.00 Å². The lowest BCUT2D eigenvalue weighted by Gasteiger charge is -2.10. The van der Waals surface area contributed by atoms with Crippen LogP contribution in [0.3, 0.4) is 0 Å². The van der Waals surface area contributed by atoms with Gasteiger partial charge in [0.1, 0.15) is 5.76 Å². The summed E-state index contributed by atoms with van der Waals surface area (Å²) < 4.78 is 24.0. The minimum absolute atomic E-state index is 0.113. The summed E-state index contributed by atoms with van der Waals surface area (Å²) in [4.78, 5) is 17.7. The minimum Gasteiger partial charge on any atom is -0.441 e. The fourth-order valence-corrected chi connectivity index (χ4v) is 4.58. The maximum absolute atomic E-state index is 12.7. The van der Waals surface area contributed by atoms with E-state index in [0.29, 0.717) is 35.2 Å². The molecule has 1 saturated heterocycles. The number of nitrogens with one attached hydrogen (secondary N) is 1. The Kier molecular flexibility index (Phi) is 6.63. The Hall–Kier alpha value is -2.77. The molecule has 0 spiro atoms. The molecule has 6 nitrogen and oxygen atoms in total. The van der Waals surface area contributed by atoms with E-state index in [-0.39, 0.29) is 12.0 Å². The number of oxazole rings is 1. The number of nitrogens with zero attached hydrogens (tertiary/aromatic N) is 1. The smallest absolute Gasteiger partial charge is 0.251 e. The average Bonchev–Trinajstić information content (AvgIpc) is 3.42. The highest BCUT2D eigenvalue weighted by molar-refractivity contribution is 7.84. The number of ether oxygens (including phenoxy) is 1. The number of hydrogen-bond donors (Lipinski definition) is 1. The molecule has 0 unspecified atom stereocenters. The second-order valence-electron chi connectivity index (χ2n) is 7.75. The molecular weight excluding hydrogens is 412 g/mol. The first-order valence-corrected chi connectivity index (χ1v) is 11.7. The summed E-state index contributed by atoms with van der Waals surface area (Å²) in [6.07, 6.45) is 2.15. The molecule has 1 aliphatic heterocycles. The maximum atomic E-state index is 12.7. The van der Waals surface area contributed by atoms with E-state index in [1.54, 1.807) is 12.1 Å². The van der Waals surface area contributed by atoms with E-state index >= 15 is 0 Å². The molecule has 2 heterocycles. The molecule has 3 aromatic rings. The number of hydrogen-bond acceptors (Lipinski definition) is 5. The van der Waals surface area contributed by atoms with E-state index in [0.717, 1.165) is 35.5 Å². The summed E-state index contributed by atoms with van der Waals surface area (Å²) in [5.74, 6) is 1.27.